The molecule has 1 heterocycles. The maximum absolute atomic E-state index is 14.4. The van der Waals surface area contributed by atoms with Crippen LogP contribution in [0.2, 0.25) is 0 Å². The molecule has 11 nitrogen and oxygen atoms in total. The van der Waals surface area contributed by atoms with Crippen LogP contribution in [0.15, 0.2) is 71.6 Å². The molecule has 0 spiro atoms. The van der Waals surface area contributed by atoms with E-state index in [-0.39, 0.29) is 53.4 Å². The predicted molar refractivity (Wildman–Crippen MR) is 192 cm³/mol. The van der Waals surface area contributed by atoms with Crippen LogP contribution in [0.1, 0.15) is 61.5 Å². The van der Waals surface area contributed by atoms with E-state index >= 15 is 0 Å². The van der Waals surface area contributed by atoms with Crippen molar-refractivity contribution in [3.8, 4) is 5.75 Å². The Morgan fingerprint density at radius 2 is 1.65 bits per heavy atom. The van der Waals surface area contributed by atoms with Gasteiger partial charge in [-0.1, -0.05) is 24.6 Å². The van der Waals surface area contributed by atoms with Crippen LogP contribution in [0.3, 0.4) is 0 Å². The lowest BCUT2D eigenvalue weighted by atomic mass is 10.0. The number of hydrogen-bond donors (Lipinski definition) is 3. The van der Waals surface area contributed by atoms with E-state index in [1.165, 1.54) is 22.3 Å². The van der Waals surface area contributed by atoms with Crippen molar-refractivity contribution in [3.05, 3.63) is 83.4 Å². The molecule has 4 atom stereocenters. The van der Waals surface area contributed by atoms with Gasteiger partial charge in [0.15, 0.2) is 0 Å². The third-order valence-electron chi connectivity index (χ3n) is 8.95. The molecule has 0 bridgehead atoms. The Balaban J connectivity index is 1.60. The van der Waals surface area contributed by atoms with Crippen molar-refractivity contribution in [2.45, 2.75) is 76.3 Å². The Morgan fingerprint density at radius 1 is 1.02 bits per heavy atom. The maximum atomic E-state index is 14.4. The molecule has 0 saturated carbocycles. The van der Waals surface area contributed by atoms with Gasteiger partial charge in [0.25, 0.3) is 5.91 Å². The quantitative estimate of drug-likeness (QED) is 0.231. The van der Waals surface area contributed by atoms with Crippen molar-refractivity contribution in [3.63, 3.8) is 0 Å². The summed E-state index contributed by atoms with van der Waals surface area (Å²) < 4.78 is 79.6. The Hall–Kier alpha value is -4.18. The summed E-state index contributed by atoms with van der Waals surface area (Å²) in [4.78, 5) is 28.8. The smallest absolute Gasteiger partial charge is 0.416 e. The Kier molecular flexibility index (Phi) is 13.7. The van der Waals surface area contributed by atoms with Gasteiger partial charge < -0.3 is 30.1 Å². The first kappa shape index (κ1) is 40.6. The molecule has 3 aromatic rings. The number of urea groups is 1. The second-order valence-corrected chi connectivity index (χ2v) is 15.3. The number of anilines is 2. The van der Waals surface area contributed by atoms with Crippen LogP contribution in [-0.2, 0) is 20.9 Å². The molecular weight excluding hydrogens is 701 g/mol. The normalized spacial score (nSPS) is 20.0. The average molecular weight is 749 g/mol. The largest absolute Gasteiger partial charge is 0.490 e. The van der Waals surface area contributed by atoms with Crippen LogP contribution < -0.4 is 15.4 Å². The summed E-state index contributed by atoms with van der Waals surface area (Å²) in [6.07, 6.45) is -3.38. The Morgan fingerprint density at radius 3 is 2.29 bits per heavy atom. The number of sulfonamides is 1. The average Bonchev–Trinajstić information content (AvgIpc) is 3.09. The zero-order chi connectivity index (χ0) is 38.2. The Bertz CT molecular complexity index is 1770. The van der Waals surface area contributed by atoms with E-state index in [0.717, 1.165) is 36.2 Å². The standard InChI is InChI=1S/C37H47F3N4O7S/c1-24-9-16-31(17-10-24)52(48,49)43(5)22-34-25(2)21-44(26(3)23-45)35(46)32-20-30(15-18-33(32)51-27(4)8-6-7-19-50-34)42-36(47)41-29-13-11-28(12-14-29)37(38,39)40/h9-18,20,25-27,34,45H,6-8,19,21-23H2,1-5H3,(H2,41,42,47)/t25-,26+,27+,34-/m0/s1. The number of hydrogen-bond acceptors (Lipinski definition) is 7. The number of nitrogens with one attached hydrogen (secondary N) is 2. The topological polar surface area (TPSA) is 138 Å². The summed E-state index contributed by atoms with van der Waals surface area (Å²) >= 11 is 0. The third kappa shape index (κ3) is 10.7. The number of ether oxygens (including phenoxy) is 2. The second-order valence-electron chi connectivity index (χ2n) is 13.3. The fourth-order valence-electron chi connectivity index (χ4n) is 5.74. The second kappa shape index (κ2) is 17.6. The van der Waals surface area contributed by atoms with Crippen molar-refractivity contribution in [1.82, 2.24) is 9.21 Å². The minimum absolute atomic E-state index is 0.0190. The highest BCUT2D eigenvalue weighted by atomic mass is 32.2. The summed E-state index contributed by atoms with van der Waals surface area (Å²) in [5.74, 6) is -0.628. The lowest BCUT2D eigenvalue weighted by molar-refractivity contribution is -0.137. The van der Waals surface area contributed by atoms with Gasteiger partial charge >= 0.3 is 12.2 Å². The van der Waals surface area contributed by atoms with Crippen molar-refractivity contribution in [1.29, 1.82) is 0 Å². The van der Waals surface area contributed by atoms with Crippen LogP contribution in [-0.4, -0.2) is 86.3 Å². The van der Waals surface area contributed by atoms with Gasteiger partial charge in [-0.05, 0) is 94.6 Å². The van der Waals surface area contributed by atoms with Gasteiger partial charge in [0.2, 0.25) is 10.0 Å². The van der Waals surface area contributed by atoms with Gasteiger partial charge in [0, 0.05) is 44.0 Å². The fourth-order valence-corrected chi connectivity index (χ4v) is 6.92. The lowest BCUT2D eigenvalue weighted by Gasteiger charge is -2.35. The molecule has 0 aromatic heterocycles. The summed E-state index contributed by atoms with van der Waals surface area (Å²) in [5.41, 5.74) is 0.523. The van der Waals surface area contributed by atoms with Crippen LogP contribution in [0.5, 0.6) is 5.75 Å². The number of amides is 3. The molecule has 0 aliphatic carbocycles. The number of halogens is 3. The number of alkyl halides is 3. The van der Waals surface area contributed by atoms with Gasteiger partial charge in [0.05, 0.1) is 40.9 Å². The summed E-state index contributed by atoms with van der Waals surface area (Å²) in [7, 11) is -2.35. The third-order valence-corrected chi connectivity index (χ3v) is 10.8. The molecular formula is C37H47F3N4O7S. The summed E-state index contributed by atoms with van der Waals surface area (Å²) in [6, 6.07) is 13.7. The summed E-state index contributed by atoms with van der Waals surface area (Å²) in [5, 5.41) is 15.3. The minimum atomic E-state index is -4.52. The van der Waals surface area contributed by atoms with E-state index in [9.17, 15) is 36.3 Å². The maximum Gasteiger partial charge on any atom is 0.416 e. The monoisotopic (exact) mass is 748 g/mol. The molecule has 284 valence electrons. The fraction of sp³-hybridized carbons (Fsp3) is 0.459. The Labute approximate surface area is 303 Å². The zero-order valence-corrected chi connectivity index (χ0v) is 30.8. The van der Waals surface area contributed by atoms with Crippen molar-refractivity contribution in [2.24, 2.45) is 5.92 Å². The van der Waals surface area contributed by atoms with Gasteiger partial charge in [-0.2, -0.15) is 17.5 Å². The molecule has 0 unspecified atom stereocenters. The number of benzene rings is 3. The first-order valence-corrected chi connectivity index (χ1v) is 18.6. The molecule has 15 heteroatoms. The predicted octanol–water partition coefficient (Wildman–Crippen LogP) is 6.77. The molecule has 3 amide bonds. The highest BCUT2D eigenvalue weighted by Gasteiger charge is 2.33. The van der Waals surface area contributed by atoms with Gasteiger partial charge in [-0.25, -0.2) is 13.2 Å². The molecule has 52 heavy (non-hydrogen) atoms. The van der Waals surface area contributed by atoms with E-state index in [1.54, 1.807) is 43.3 Å². The number of aliphatic hydroxyl groups excluding tert-OH is 1. The van der Waals surface area contributed by atoms with E-state index in [4.69, 9.17) is 9.47 Å². The first-order chi connectivity index (χ1) is 24.5. The number of carbonyl (C=O) groups excluding carboxylic acids is 2. The number of fused-ring (bicyclic) bond motifs is 1. The van der Waals surface area contributed by atoms with Gasteiger partial charge in [-0.15, -0.1) is 0 Å². The highest BCUT2D eigenvalue weighted by Crippen LogP contribution is 2.31. The number of carbonyl (C=O) groups is 2. The van der Waals surface area contributed by atoms with E-state index in [2.05, 4.69) is 10.6 Å². The van der Waals surface area contributed by atoms with Crippen molar-refractivity contribution in [2.75, 3.05) is 44.0 Å². The molecule has 1 aliphatic heterocycles. The first-order valence-electron chi connectivity index (χ1n) is 17.1. The van der Waals surface area contributed by atoms with E-state index in [0.29, 0.717) is 19.4 Å². The van der Waals surface area contributed by atoms with Crippen LogP contribution in [0, 0.1) is 12.8 Å². The lowest BCUT2D eigenvalue weighted by Crippen LogP contribution is -2.48. The molecule has 0 saturated heterocycles. The van der Waals surface area contributed by atoms with Gasteiger partial charge in [-0.3, -0.25) is 4.79 Å². The summed E-state index contributed by atoms with van der Waals surface area (Å²) in [6.45, 7) is 7.38. The highest BCUT2D eigenvalue weighted by molar-refractivity contribution is 7.89. The van der Waals surface area contributed by atoms with Crippen LogP contribution in [0.25, 0.3) is 0 Å². The molecule has 4 rings (SSSR count). The number of nitrogens with zero attached hydrogens (tertiary/aromatic N) is 2. The van der Waals surface area contributed by atoms with Crippen LogP contribution >= 0.6 is 0 Å². The molecule has 1 aliphatic rings. The van der Waals surface area contributed by atoms with Crippen molar-refractivity contribution < 1.29 is 45.8 Å². The van der Waals surface area contributed by atoms with E-state index in [1.807, 2.05) is 20.8 Å². The number of rotatable bonds is 8. The van der Waals surface area contributed by atoms with Gasteiger partial charge in [0.1, 0.15) is 5.75 Å². The number of aryl methyl sites for hydroxylation is 1. The van der Waals surface area contributed by atoms with Crippen LogP contribution in [0.4, 0.5) is 29.3 Å². The molecule has 3 N–H and O–H groups in total. The molecule has 0 fully saturated rings. The number of aliphatic hydroxyl groups is 1. The zero-order valence-electron chi connectivity index (χ0n) is 29.9. The SMILES string of the molecule is Cc1ccc(S(=O)(=O)N(C)C[C@@H]2OCCCC[C@@H](C)Oc3ccc(NC(=O)Nc4ccc(C(F)(F)F)cc4)cc3C(=O)N([C@H](C)CO)C[C@@H]2C)cc1. The molecule has 3 aromatic carbocycles. The molecule has 0 radical (unpaired) electrons. The van der Waals surface area contributed by atoms with E-state index < -0.39 is 51.8 Å². The van der Waals surface area contributed by atoms with Crippen molar-refractivity contribution >= 4 is 33.3 Å². The number of likely N-dealkylation sites (N-methyl/N-ethyl adjacent to an activating group) is 1. The minimum Gasteiger partial charge on any atom is -0.490 e.